The Morgan fingerprint density at radius 2 is 1.81 bits per heavy atom. The van der Waals surface area contributed by atoms with Crippen LogP contribution in [0.25, 0.3) is 0 Å². The van der Waals surface area contributed by atoms with E-state index in [1.165, 1.54) is 0 Å². The van der Waals surface area contributed by atoms with Crippen molar-refractivity contribution >= 4 is 15.8 Å². The molecule has 2 rings (SSSR count). The molecule has 0 aliphatic heterocycles. The highest BCUT2D eigenvalue weighted by molar-refractivity contribution is 7.92. The van der Waals surface area contributed by atoms with Gasteiger partial charge in [0.15, 0.2) is 0 Å². The van der Waals surface area contributed by atoms with Crippen LogP contribution in [-0.2, 0) is 10.0 Å². The molecule has 5 heteroatoms. The molecule has 21 heavy (non-hydrogen) atoms. The van der Waals surface area contributed by atoms with Crippen molar-refractivity contribution in [2.75, 3.05) is 4.72 Å². The summed E-state index contributed by atoms with van der Waals surface area (Å²) < 4.78 is 27.7. The first-order chi connectivity index (χ1) is 9.79. The van der Waals surface area contributed by atoms with E-state index < -0.39 is 10.0 Å². The lowest BCUT2D eigenvalue weighted by molar-refractivity contribution is 0.600. The molecule has 112 valence electrons. The number of nitrogens with zero attached hydrogens (tertiary/aromatic N) is 1. The van der Waals surface area contributed by atoms with Gasteiger partial charge in [0.25, 0.3) is 10.0 Å². The van der Waals surface area contributed by atoms with Crippen LogP contribution in [-0.4, -0.2) is 13.4 Å². The Morgan fingerprint density at radius 3 is 2.43 bits per heavy atom. The van der Waals surface area contributed by atoms with Crippen molar-refractivity contribution < 1.29 is 8.42 Å². The molecule has 0 bridgehead atoms. The summed E-state index contributed by atoms with van der Waals surface area (Å²) in [6.07, 6.45) is 0. The molecule has 1 aromatic carbocycles. The third-order valence-corrected chi connectivity index (χ3v) is 4.79. The van der Waals surface area contributed by atoms with E-state index in [2.05, 4.69) is 9.71 Å². The van der Waals surface area contributed by atoms with Crippen molar-refractivity contribution in [2.24, 2.45) is 0 Å². The number of benzene rings is 1. The SMILES string of the molecule is Cc1cccc(NS(=O)(=O)c2cc(C(C)C)ccc2C)n1. The second-order valence-corrected chi connectivity index (χ2v) is 7.10. The fraction of sp³-hybridized carbons (Fsp3) is 0.312. The number of nitrogens with one attached hydrogen (secondary N) is 1. The van der Waals surface area contributed by atoms with E-state index in [4.69, 9.17) is 0 Å². The van der Waals surface area contributed by atoms with Gasteiger partial charge in [-0.25, -0.2) is 13.4 Å². The van der Waals surface area contributed by atoms with E-state index in [1.807, 2.05) is 39.0 Å². The molecular weight excluding hydrogens is 284 g/mol. The molecule has 2 aromatic rings. The van der Waals surface area contributed by atoms with E-state index in [0.29, 0.717) is 10.7 Å². The quantitative estimate of drug-likeness (QED) is 0.938. The fourth-order valence-corrected chi connectivity index (χ4v) is 3.34. The Hall–Kier alpha value is -1.88. The highest BCUT2D eigenvalue weighted by Crippen LogP contribution is 2.23. The van der Waals surface area contributed by atoms with E-state index in [0.717, 1.165) is 16.8 Å². The fourth-order valence-electron chi connectivity index (χ4n) is 2.06. The minimum Gasteiger partial charge on any atom is -0.263 e. The molecule has 1 aromatic heterocycles. The highest BCUT2D eigenvalue weighted by atomic mass is 32.2. The minimum atomic E-state index is -3.63. The molecule has 0 saturated heterocycles. The largest absolute Gasteiger partial charge is 0.263 e. The van der Waals surface area contributed by atoms with Gasteiger partial charge in [0.05, 0.1) is 4.90 Å². The van der Waals surface area contributed by atoms with Gasteiger partial charge < -0.3 is 0 Å². The van der Waals surface area contributed by atoms with Crippen LogP contribution >= 0.6 is 0 Å². The average Bonchev–Trinajstić information content (AvgIpc) is 2.38. The van der Waals surface area contributed by atoms with Crippen molar-refractivity contribution in [1.29, 1.82) is 0 Å². The van der Waals surface area contributed by atoms with Crippen molar-refractivity contribution in [1.82, 2.24) is 4.98 Å². The van der Waals surface area contributed by atoms with Gasteiger partial charge in [0.1, 0.15) is 5.82 Å². The van der Waals surface area contributed by atoms with Crippen LogP contribution in [0.3, 0.4) is 0 Å². The molecular formula is C16H20N2O2S. The van der Waals surface area contributed by atoms with E-state index in [1.54, 1.807) is 25.1 Å². The van der Waals surface area contributed by atoms with Crippen molar-refractivity contribution in [2.45, 2.75) is 38.5 Å². The van der Waals surface area contributed by atoms with Crippen LogP contribution < -0.4 is 4.72 Å². The zero-order chi connectivity index (χ0) is 15.6. The third-order valence-electron chi connectivity index (χ3n) is 3.30. The molecule has 0 fully saturated rings. The molecule has 0 aliphatic rings. The molecule has 0 radical (unpaired) electrons. The lowest BCUT2D eigenvalue weighted by Gasteiger charge is -2.13. The topological polar surface area (TPSA) is 59.1 Å². The van der Waals surface area contributed by atoms with Crippen LogP contribution in [0.2, 0.25) is 0 Å². The van der Waals surface area contributed by atoms with Crippen LogP contribution in [0.4, 0.5) is 5.82 Å². The lowest BCUT2D eigenvalue weighted by Crippen LogP contribution is -2.15. The number of rotatable bonds is 4. The Labute approximate surface area is 126 Å². The Morgan fingerprint density at radius 1 is 1.10 bits per heavy atom. The molecule has 1 heterocycles. The molecule has 0 amide bonds. The van der Waals surface area contributed by atoms with Crippen LogP contribution in [0.1, 0.15) is 36.6 Å². The Bertz CT molecular complexity index is 753. The monoisotopic (exact) mass is 304 g/mol. The molecule has 0 spiro atoms. The number of aryl methyl sites for hydroxylation is 2. The van der Waals surface area contributed by atoms with E-state index in [-0.39, 0.29) is 5.92 Å². The molecule has 0 unspecified atom stereocenters. The molecule has 1 N–H and O–H groups in total. The first-order valence-corrected chi connectivity index (χ1v) is 8.35. The van der Waals surface area contributed by atoms with Crippen LogP contribution in [0.5, 0.6) is 0 Å². The summed E-state index contributed by atoms with van der Waals surface area (Å²) in [6.45, 7) is 7.69. The maximum Gasteiger partial charge on any atom is 0.263 e. The Balaban J connectivity index is 2.42. The zero-order valence-corrected chi connectivity index (χ0v) is 13.5. The molecule has 4 nitrogen and oxygen atoms in total. The smallest absolute Gasteiger partial charge is 0.263 e. The van der Waals surface area contributed by atoms with Gasteiger partial charge in [0.2, 0.25) is 0 Å². The summed E-state index contributed by atoms with van der Waals surface area (Å²) in [6, 6.07) is 10.8. The van der Waals surface area contributed by atoms with Crippen molar-refractivity contribution in [3.63, 3.8) is 0 Å². The highest BCUT2D eigenvalue weighted by Gasteiger charge is 2.18. The van der Waals surface area contributed by atoms with Gasteiger partial charge >= 0.3 is 0 Å². The third kappa shape index (κ3) is 3.61. The summed E-state index contributed by atoms with van der Waals surface area (Å²) in [5.74, 6) is 0.612. The molecule has 0 atom stereocenters. The number of hydrogen-bond donors (Lipinski definition) is 1. The number of anilines is 1. The number of pyridine rings is 1. The van der Waals surface area contributed by atoms with Crippen LogP contribution in [0, 0.1) is 13.8 Å². The maximum absolute atomic E-state index is 12.6. The predicted molar refractivity (Wildman–Crippen MR) is 85.1 cm³/mol. The summed E-state index contributed by atoms with van der Waals surface area (Å²) in [5.41, 5.74) is 2.49. The van der Waals surface area contributed by atoms with Gasteiger partial charge in [-0.1, -0.05) is 32.0 Å². The van der Waals surface area contributed by atoms with Gasteiger partial charge in [-0.15, -0.1) is 0 Å². The van der Waals surface area contributed by atoms with Gasteiger partial charge in [-0.2, -0.15) is 0 Å². The molecule has 0 aliphatic carbocycles. The number of hydrogen-bond acceptors (Lipinski definition) is 3. The van der Waals surface area contributed by atoms with Crippen molar-refractivity contribution in [3.05, 3.63) is 53.2 Å². The van der Waals surface area contributed by atoms with Crippen molar-refractivity contribution in [3.8, 4) is 0 Å². The van der Waals surface area contributed by atoms with E-state index >= 15 is 0 Å². The minimum absolute atomic E-state index is 0.275. The predicted octanol–water partition coefficient (Wildman–Crippen LogP) is 3.62. The summed E-state index contributed by atoms with van der Waals surface area (Å²) in [5, 5.41) is 0. The summed E-state index contributed by atoms with van der Waals surface area (Å²) in [4.78, 5) is 4.48. The Kier molecular flexibility index (Phi) is 4.32. The zero-order valence-electron chi connectivity index (χ0n) is 12.7. The maximum atomic E-state index is 12.6. The molecule has 0 saturated carbocycles. The standard InChI is InChI=1S/C16H20N2O2S/c1-11(2)14-9-8-12(3)15(10-14)21(19,20)18-16-7-5-6-13(4)17-16/h5-11H,1-4H3,(H,17,18). The second-order valence-electron chi connectivity index (χ2n) is 5.45. The number of sulfonamides is 1. The van der Waals surface area contributed by atoms with Gasteiger partial charge in [-0.05, 0) is 49.1 Å². The van der Waals surface area contributed by atoms with E-state index in [9.17, 15) is 8.42 Å². The second kappa shape index (κ2) is 5.85. The number of aromatic nitrogens is 1. The summed E-state index contributed by atoms with van der Waals surface area (Å²) >= 11 is 0. The van der Waals surface area contributed by atoms with Gasteiger partial charge in [-0.3, -0.25) is 4.72 Å². The van der Waals surface area contributed by atoms with Gasteiger partial charge in [0, 0.05) is 5.69 Å². The lowest BCUT2D eigenvalue weighted by atomic mass is 10.0. The summed E-state index contributed by atoms with van der Waals surface area (Å²) in [7, 11) is -3.63. The average molecular weight is 304 g/mol. The van der Waals surface area contributed by atoms with Crippen LogP contribution in [0.15, 0.2) is 41.3 Å². The normalized spacial score (nSPS) is 11.7. The first kappa shape index (κ1) is 15.5. The first-order valence-electron chi connectivity index (χ1n) is 6.86.